The average molecular weight is 329 g/mol. The molecule has 1 aromatic heterocycles. The molecule has 0 saturated carbocycles. The number of hydrogen-bond acceptors (Lipinski definition) is 5. The predicted octanol–water partition coefficient (Wildman–Crippen LogP) is 3.32. The first-order valence-corrected chi connectivity index (χ1v) is 8.84. The number of oxazole rings is 1. The largest absolute Gasteiger partial charge is 0.484 e. The molecule has 3 aromatic rings. The van der Waals surface area contributed by atoms with Crippen LogP contribution < -0.4 is 4.74 Å². The summed E-state index contributed by atoms with van der Waals surface area (Å²) < 4.78 is 34.0. The van der Waals surface area contributed by atoms with Crippen LogP contribution >= 0.6 is 0 Å². The van der Waals surface area contributed by atoms with Crippen molar-refractivity contribution in [1.29, 1.82) is 0 Å². The average Bonchev–Trinajstić information content (AvgIpc) is 3.02. The van der Waals surface area contributed by atoms with Gasteiger partial charge in [0.15, 0.2) is 22.2 Å². The van der Waals surface area contributed by atoms with Gasteiger partial charge in [0.05, 0.1) is 11.1 Å². The zero-order valence-corrected chi connectivity index (χ0v) is 13.3. The molecule has 3 rings (SSSR count). The van der Waals surface area contributed by atoms with Crippen LogP contribution in [0.1, 0.15) is 5.89 Å². The van der Waals surface area contributed by atoms with Gasteiger partial charge in [-0.1, -0.05) is 30.3 Å². The molecule has 0 aliphatic heterocycles. The van der Waals surface area contributed by atoms with Crippen LogP contribution in [0.25, 0.3) is 11.3 Å². The Labute approximate surface area is 134 Å². The minimum atomic E-state index is -3.20. The van der Waals surface area contributed by atoms with E-state index in [1.165, 1.54) is 18.4 Å². The van der Waals surface area contributed by atoms with E-state index in [0.29, 0.717) is 17.4 Å². The van der Waals surface area contributed by atoms with E-state index in [2.05, 4.69) is 4.98 Å². The van der Waals surface area contributed by atoms with Crippen molar-refractivity contribution in [2.45, 2.75) is 11.5 Å². The van der Waals surface area contributed by atoms with E-state index in [4.69, 9.17) is 9.15 Å². The van der Waals surface area contributed by atoms with Crippen LogP contribution in [-0.2, 0) is 16.4 Å². The first-order chi connectivity index (χ1) is 11.0. The summed E-state index contributed by atoms with van der Waals surface area (Å²) >= 11 is 0. The van der Waals surface area contributed by atoms with Gasteiger partial charge in [-0.25, -0.2) is 13.4 Å². The summed E-state index contributed by atoms with van der Waals surface area (Å²) in [7, 11) is -3.20. The van der Waals surface area contributed by atoms with Crippen molar-refractivity contribution < 1.29 is 17.6 Å². The second-order valence-corrected chi connectivity index (χ2v) is 7.03. The number of hydrogen-bond donors (Lipinski definition) is 0. The quantitative estimate of drug-likeness (QED) is 0.718. The fourth-order valence-corrected chi connectivity index (χ4v) is 2.67. The summed E-state index contributed by atoms with van der Waals surface area (Å²) in [6, 6.07) is 15.9. The maximum atomic E-state index is 11.4. The van der Waals surface area contributed by atoms with E-state index >= 15 is 0 Å². The van der Waals surface area contributed by atoms with E-state index in [1.54, 1.807) is 18.3 Å². The lowest BCUT2D eigenvalue weighted by Crippen LogP contribution is -1.98. The molecular weight excluding hydrogens is 314 g/mol. The van der Waals surface area contributed by atoms with Gasteiger partial charge >= 0.3 is 0 Å². The Morgan fingerprint density at radius 1 is 1.04 bits per heavy atom. The molecule has 0 radical (unpaired) electrons. The molecule has 1 heterocycles. The highest BCUT2D eigenvalue weighted by atomic mass is 32.2. The Balaban J connectivity index is 1.66. The van der Waals surface area contributed by atoms with Crippen LogP contribution in [0.5, 0.6) is 5.75 Å². The number of ether oxygens (including phenoxy) is 1. The van der Waals surface area contributed by atoms with Crippen molar-refractivity contribution in [1.82, 2.24) is 4.98 Å². The summed E-state index contributed by atoms with van der Waals surface area (Å²) in [6.07, 6.45) is 2.82. The summed E-state index contributed by atoms with van der Waals surface area (Å²) in [6.45, 7) is 0.172. The Hall–Kier alpha value is -2.60. The number of rotatable bonds is 5. The molecule has 0 aliphatic rings. The van der Waals surface area contributed by atoms with Gasteiger partial charge in [0.2, 0.25) is 5.89 Å². The molecule has 118 valence electrons. The lowest BCUT2D eigenvalue weighted by molar-refractivity contribution is 0.264. The fourth-order valence-electron chi connectivity index (χ4n) is 2.04. The Bertz CT molecular complexity index is 884. The molecule has 0 spiro atoms. The second kappa shape index (κ2) is 6.26. The van der Waals surface area contributed by atoms with Gasteiger partial charge < -0.3 is 9.15 Å². The molecule has 0 unspecified atom stereocenters. The third kappa shape index (κ3) is 3.78. The standard InChI is InChI=1S/C17H15NO4S/c1-23(19,20)15-9-7-14(8-10-15)21-12-17-18-11-16(22-17)13-5-3-2-4-6-13/h2-11H,12H2,1H3. The van der Waals surface area contributed by atoms with Gasteiger partial charge in [0.1, 0.15) is 5.75 Å². The highest BCUT2D eigenvalue weighted by Gasteiger charge is 2.08. The van der Waals surface area contributed by atoms with Gasteiger partial charge in [-0.05, 0) is 24.3 Å². The molecule has 0 N–H and O–H groups in total. The second-order valence-electron chi connectivity index (χ2n) is 5.02. The first-order valence-electron chi connectivity index (χ1n) is 6.95. The SMILES string of the molecule is CS(=O)(=O)c1ccc(OCc2ncc(-c3ccccc3)o2)cc1. The maximum absolute atomic E-state index is 11.4. The minimum Gasteiger partial charge on any atom is -0.484 e. The molecule has 2 aromatic carbocycles. The highest BCUT2D eigenvalue weighted by Crippen LogP contribution is 2.21. The number of nitrogens with zero attached hydrogens (tertiary/aromatic N) is 1. The summed E-state index contributed by atoms with van der Waals surface area (Å²) in [5, 5.41) is 0. The number of aromatic nitrogens is 1. The molecule has 0 amide bonds. The molecule has 0 atom stereocenters. The normalized spacial score (nSPS) is 11.3. The van der Waals surface area contributed by atoms with E-state index < -0.39 is 9.84 Å². The molecule has 6 heteroatoms. The summed E-state index contributed by atoms with van der Waals surface area (Å²) in [5.41, 5.74) is 0.948. The van der Waals surface area contributed by atoms with Gasteiger partial charge in [-0.15, -0.1) is 0 Å². The van der Waals surface area contributed by atoms with Crippen molar-refractivity contribution in [3.63, 3.8) is 0 Å². The van der Waals surface area contributed by atoms with Crippen LogP contribution in [0.3, 0.4) is 0 Å². The van der Waals surface area contributed by atoms with Crippen molar-refractivity contribution in [2.75, 3.05) is 6.26 Å². The smallest absolute Gasteiger partial charge is 0.232 e. The minimum absolute atomic E-state index is 0.172. The Morgan fingerprint density at radius 2 is 1.74 bits per heavy atom. The monoisotopic (exact) mass is 329 g/mol. The van der Waals surface area contributed by atoms with Crippen LogP contribution in [-0.4, -0.2) is 19.7 Å². The molecule has 0 bridgehead atoms. The molecular formula is C17H15NO4S. The highest BCUT2D eigenvalue weighted by molar-refractivity contribution is 7.90. The third-order valence-corrected chi connectivity index (χ3v) is 4.35. The van der Waals surface area contributed by atoms with Crippen molar-refractivity contribution >= 4 is 9.84 Å². The van der Waals surface area contributed by atoms with Gasteiger partial charge in [0, 0.05) is 11.8 Å². The maximum Gasteiger partial charge on any atom is 0.232 e. The lowest BCUT2D eigenvalue weighted by Gasteiger charge is -2.04. The van der Waals surface area contributed by atoms with Crippen molar-refractivity contribution in [3.8, 4) is 17.1 Å². The molecule has 5 nitrogen and oxygen atoms in total. The third-order valence-electron chi connectivity index (χ3n) is 3.23. The van der Waals surface area contributed by atoms with Crippen LogP contribution in [0.4, 0.5) is 0 Å². The molecule has 0 fully saturated rings. The van der Waals surface area contributed by atoms with Crippen molar-refractivity contribution in [3.05, 3.63) is 66.7 Å². The topological polar surface area (TPSA) is 69.4 Å². The Kier molecular flexibility index (Phi) is 4.16. The van der Waals surface area contributed by atoms with E-state index in [-0.39, 0.29) is 11.5 Å². The van der Waals surface area contributed by atoms with Gasteiger partial charge in [-0.3, -0.25) is 0 Å². The predicted molar refractivity (Wildman–Crippen MR) is 85.8 cm³/mol. The van der Waals surface area contributed by atoms with Crippen LogP contribution in [0.2, 0.25) is 0 Å². The fraction of sp³-hybridized carbons (Fsp3) is 0.118. The number of sulfone groups is 1. The van der Waals surface area contributed by atoms with E-state index in [0.717, 1.165) is 5.56 Å². The molecule has 0 saturated heterocycles. The number of benzene rings is 2. The van der Waals surface area contributed by atoms with E-state index in [9.17, 15) is 8.42 Å². The zero-order chi connectivity index (χ0) is 16.3. The lowest BCUT2D eigenvalue weighted by atomic mass is 10.2. The van der Waals surface area contributed by atoms with Gasteiger partial charge in [0.25, 0.3) is 0 Å². The zero-order valence-electron chi connectivity index (χ0n) is 12.5. The van der Waals surface area contributed by atoms with Crippen molar-refractivity contribution in [2.24, 2.45) is 0 Å². The molecule has 23 heavy (non-hydrogen) atoms. The van der Waals surface area contributed by atoms with Crippen LogP contribution in [0, 0.1) is 0 Å². The summed E-state index contributed by atoms with van der Waals surface area (Å²) in [4.78, 5) is 4.43. The van der Waals surface area contributed by atoms with Crippen LogP contribution in [0.15, 0.2) is 70.1 Å². The van der Waals surface area contributed by atoms with Gasteiger partial charge in [-0.2, -0.15) is 0 Å². The van der Waals surface area contributed by atoms with E-state index in [1.807, 2.05) is 30.3 Å². The molecule has 0 aliphatic carbocycles. The Morgan fingerprint density at radius 3 is 2.39 bits per heavy atom. The first kappa shape index (κ1) is 15.3. The summed E-state index contributed by atoms with van der Waals surface area (Å²) in [5.74, 6) is 1.68.